The zero-order valence-corrected chi connectivity index (χ0v) is 11.5. The Labute approximate surface area is 116 Å². The van der Waals surface area contributed by atoms with Gasteiger partial charge in [0.05, 0.1) is 11.4 Å². The third-order valence-electron chi connectivity index (χ3n) is 2.86. The third-order valence-corrected chi connectivity index (χ3v) is 3.30. The second kappa shape index (κ2) is 4.48. The van der Waals surface area contributed by atoms with E-state index in [1.165, 1.54) is 12.8 Å². The molecule has 0 unspecified atom stereocenters. The molecule has 3 rings (SSSR count). The zero-order valence-electron chi connectivity index (χ0n) is 9.95. The highest BCUT2D eigenvalue weighted by molar-refractivity contribution is 6.34. The van der Waals surface area contributed by atoms with Crippen LogP contribution in [0, 0.1) is 6.92 Å². The van der Waals surface area contributed by atoms with Gasteiger partial charge < -0.3 is 5.32 Å². The van der Waals surface area contributed by atoms with Gasteiger partial charge in [0, 0.05) is 22.3 Å². The van der Waals surface area contributed by atoms with Crippen LogP contribution in [0.4, 0.5) is 5.95 Å². The Hall–Kier alpha value is -1.19. The molecule has 1 aliphatic rings. The minimum atomic E-state index is 0.556. The molecule has 0 bridgehead atoms. The fraction of sp³-hybridized carbons (Fsp3) is 0.308. The van der Waals surface area contributed by atoms with E-state index in [1.807, 2.05) is 29.8 Å². The van der Waals surface area contributed by atoms with Gasteiger partial charge >= 0.3 is 0 Å². The summed E-state index contributed by atoms with van der Waals surface area (Å²) in [5.74, 6) is 0.855. The number of aromatic nitrogens is 2. The van der Waals surface area contributed by atoms with Crippen molar-refractivity contribution in [3.8, 4) is 5.69 Å². The Balaban J connectivity index is 2.03. The van der Waals surface area contributed by atoms with E-state index in [2.05, 4.69) is 10.3 Å². The predicted octanol–water partition coefficient (Wildman–Crippen LogP) is 4.06. The Morgan fingerprint density at radius 3 is 2.50 bits per heavy atom. The minimum absolute atomic E-state index is 0.556. The number of rotatable bonds is 3. The lowest BCUT2D eigenvalue weighted by Crippen LogP contribution is -2.07. The van der Waals surface area contributed by atoms with Crippen molar-refractivity contribution in [2.45, 2.75) is 25.8 Å². The fourth-order valence-corrected chi connectivity index (χ4v) is 2.40. The fourth-order valence-electron chi connectivity index (χ4n) is 1.89. The smallest absolute Gasteiger partial charge is 0.207 e. The molecule has 1 N–H and O–H groups in total. The molecule has 1 saturated carbocycles. The van der Waals surface area contributed by atoms with Crippen molar-refractivity contribution in [2.24, 2.45) is 0 Å². The molecule has 5 heteroatoms. The average molecular weight is 282 g/mol. The topological polar surface area (TPSA) is 29.9 Å². The average Bonchev–Trinajstić information content (AvgIpc) is 3.00. The van der Waals surface area contributed by atoms with Crippen molar-refractivity contribution in [3.05, 3.63) is 40.1 Å². The maximum absolute atomic E-state index is 6.04. The lowest BCUT2D eigenvalue weighted by molar-refractivity contribution is 1.00. The van der Waals surface area contributed by atoms with Gasteiger partial charge in [-0.15, -0.1) is 0 Å². The molecule has 1 aromatic carbocycles. The number of nitrogens with zero attached hydrogens (tertiary/aromatic N) is 2. The van der Waals surface area contributed by atoms with E-state index < -0.39 is 0 Å². The molecule has 2 aromatic rings. The van der Waals surface area contributed by atoms with E-state index in [4.69, 9.17) is 23.2 Å². The predicted molar refractivity (Wildman–Crippen MR) is 75.0 cm³/mol. The highest BCUT2D eigenvalue weighted by Crippen LogP contribution is 2.28. The van der Waals surface area contributed by atoms with Gasteiger partial charge in [-0.2, -0.15) is 0 Å². The second-order valence-corrected chi connectivity index (χ2v) is 5.50. The van der Waals surface area contributed by atoms with Crippen LogP contribution in [0.5, 0.6) is 0 Å². The molecule has 1 heterocycles. The molecule has 0 radical (unpaired) electrons. The highest BCUT2D eigenvalue weighted by Gasteiger charge is 2.23. The van der Waals surface area contributed by atoms with Gasteiger partial charge in [0.25, 0.3) is 0 Å². The molecule has 1 fully saturated rings. The van der Waals surface area contributed by atoms with E-state index in [1.54, 1.807) is 6.07 Å². The Kier molecular flexibility index (Phi) is 2.96. The highest BCUT2D eigenvalue weighted by atomic mass is 35.5. The lowest BCUT2D eigenvalue weighted by Gasteiger charge is -2.09. The summed E-state index contributed by atoms with van der Waals surface area (Å²) >= 11 is 12.1. The van der Waals surface area contributed by atoms with E-state index in [-0.39, 0.29) is 0 Å². The number of benzene rings is 1. The standard InChI is InChI=1S/C13H13Cl2N3/c1-8-7-18(13(16-8)17-11-2-3-11)12-5-9(14)4-10(15)6-12/h4-7,11H,2-3H2,1H3,(H,16,17). The van der Waals surface area contributed by atoms with E-state index in [0.717, 1.165) is 17.3 Å². The van der Waals surface area contributed by atoms with Crippen LogP contribution in [-0.4, -0.2) is 15.6 Å². The number of nitrogens with one attached hydrogen (secondary N) is 1. The summed E-state index contributed by atoms with van der Waals surface area (Å²) in [7, 11) is 0. The van der Waals surface area contributed by atoms with Crippen LogP contribution in [0.3, 0.4) is 0 Å². The first-order valence-electron chi connectivity index (χ1n) is 5.91. The van der Waals surface area contributed by atoms with Crippen molar-refractivity contribution in [1.29, 1.82) is 0 Å². The van der Waals surface area contributed by atoms with E-state index in [0.29, 0.717) is 16.1 Å². The number of hydrogen-bond acceptors (Lipinski definition) is 2. The normalized spacial score (nSPS) is 14.8. The largest absolute Gasteiger partial charge is 0.353 e. The maximum atomic E-state index is 6.04. The van der Waals surface area contributed by atoms with Crippen molar-refractivity contribution in [3.63, 3.8) is 0 Å². The molecular formula is C13H13Cl2N3. The summed E-state index contributed by atoms with van der Waals surface area (Å²) in [6.45, 7) is 1.97. The lowest BCUT2D eigenvalue weighted by atomic mass is 10.3. The molecule has 1 aromatic heterocycles. The van der Waals surface area contributed by atoms with Gasteiger partial charge in [0.2, 0.25) is 5.95 Å². The molecule has 0 saturated heterocycles. The van der Waals surface area contributed by atoms with E-state index >= 15 is 0 Å². The molecule has 0 aliphatic heterocycles. The van der Waals surface area contributed by atoms with Gasteiger partial charge in [-0.25, -0.2) is 4.98 Å². The van der Waals surface area contributed by atoms with Crippen LogP contribution < -0.4 is 5.32 Å². The Morgan fingerprint density at radius 2 is 1.89 bits per heavy atom. The summed E-state index contributed by atoms with van der Waals surface area (Å²) < 4.78 is 1.99. The maximum Gasteiger partial charge on any atom is 0.207 e. The Morgan fingerprint density at radius 1 is 1.22 bits per heavy atom. The van der Waals surface area contributed by atoms with Gasteiger partial charge in [0.1, 0.15) is 0 Å². The van der Waals surface area contributed by atoms with Gasteiger partial charge in [-0.05, 0) is 38.0 Å². The van der Waals surface area contributed by atoms with Crippen LogP contribution in [-0.2, 0) is 0 Å². The van der Waals surface area contributed by atoms with Crippen molar-refractivity contribution >= 4 is 29.2 Å². The molecule has 0 atom stereocenters. The SMILES string of the molecule is Cc1cn(-c2cc(Cl)cc(Cl)c2)c(NC2CC2)n1. The Bertz CT molecular complexity index is 568. The molecular weight excluding hydrogens is 269 g/mol. The summed E-state index contributed by atoms with van der Waals surface area (Å²) in [5.41, 5.74) is 1.89. The third kappa shape index (κ3) is 2.47. The summed E-state index contributed by atoms with van der Waals surface area (Å²) in [5, 5.41) is 4.66. The number of anilines is 1. The monoisotopic (exact) mass is 281 g/mol. The number of imidazole rings is 1. The quantitative estimate of drug-likeness (QED) is 0.920. The summed E-state index contributed by atoms with van der Waals surface area (Å²) in [6.07, 6.45) is 4.40. The number of halogens is 2. The van der Waals surface area contributed by atoms with Crippen molar-refractivity contribution in [2.75, 3.05) is 5.32 Å². The number of hydrogen-bond donors (Lipinski definition) is 1. The summed E-state index contributed by atoms with van der Waals surface area (Å²) in [6, 6.07) is 6.05. The first-order valence-corrected chi connectivity index (χ1v) is 6.66. The first-order chi connectivity index (χ1) is 8.61. The number of aryl methyl sites for hydroxylation is 1. The van der Waals surface area contributed by atoms with Crippen LogP contribution in [0.25, 0.3) is 5.69 Å². The first kappa shape index (κ1) is 11.9. The van der Waals surface area contributed by atoms with Crippen LogP contribution in [0.2, 0.25) is 10.0 Å². The second-order valence-electron chi connectivity index (χ2n) is 4.62. The van der Waals surface area contributed by atoms with Crippen LogP contribution in [0.15, 0.2) is 24.4 Å². The van der Waals surface area contributed by atoms with Crippen molar-refractivity contribution < 1.29 is 0 Å². The van der Waals surface area contributed by atoms with Gasteiger partial charge in [-0.3, -0.25) is 4.57 Å². The molecule has 18 heavy (non-hydrogen) atoms. The molecule has 3 nitrogen and oxygen atoms in total. The molecule has 0 spiro atoms. The van der Waals surface area contributed by atoms with Crippen LogP contribution in [0.1, 0.15) is 18.5 Å². The van der Waals surface area contributed by atoms with E-state index in [9.17, 15) is 0 Å². The zero-order chi connectivity index (χ0) is 12.7. The molecule has 94 valence electrons. The molecule has 0 amide bonds. The van der Waals surface area contributed by atoms with Gasteiger partial charge in [0.15, 0.2) is 0 Å². The van der Waals surface area contributed by atoms with Crippen molar-refractivity contribution in [1.82, 2.24) is 9.55 Å². The molecule has 1 aliphatic carbocycles. The minimum Gasteiger partial charge on any atom is -0.353 e. The summed E-state index contributed by atoms with van der Waals surface area (Å²) in [4.78, 5) is 4.49. The van der Waals surface area contributed by atoms with Crippen LogP contribution >= 0.6 is 23.2 Å². The van der Waals surface area contributed by atoms with Gasteiger partial charge in [-0.1, -0.05) is 23.2 Å².